The quantitative estimate of drug-likeness (QED) is 0.884. The zero-order chi connectivity index (χ0) is 11.4. The van der Waals surface area contributed by atoms with Crippen molar-refractivity contribution in [3.05, 3.63) is 27.7 Å². The van der Waals surface area contributed by atoms with Crippen LogP contribution in [0.25, 0.3) is 0 Å². The van der Waals surface area contributed by atoms with E-state index in [9.17, 15) is 0 Å². The van der Waals surface area contributed by atoms with Gasteiger partial charge in [-0.25, -0.2) is 0 Å². The molecule has 1 unspecified atom stereocenters. The highest BCUT2D eigenvalue weighted by atomic mass is 79.9. The fourth-order valence-corrected chi connectivity index (χ4v) is 2.16. The normalized spacial score (nSPS) is 12.6. The summed E-state index contributed by atoms with van der Waals surface area (Å²) in [6.07, 6.45) is 0.547. The van der Waals surface area contributed by atoms with Crippen LogP contribution in [0.3, 0.4) is 0 Å². The lowest BCUT2D eigenvalue weighted by atomic mass is 10.0. The molecule has 4 heteroatoms. The molecule has 84 valence electrons. The number of ether oxygens (including phenoxy) is 1. The number of methoxy groups -OCH3 is 1. The molecule has 0 saturated carbocycles. The van der Waals surface area contributed by atoms with Gasteiger partial charge in [0, 0.05) is 12.6 Å². The molecule has 1 aromatic carbocycles. The second-order valence-corrected chi connectivity index (χ2v) is 4.28. The van der Waals surface area contributed by atoms with E-state index < -0.39 is 0 Å². The summed E-state index contributed by atoms with van der Waals surface area (Å²) in [5, 5.41) is 8.86. The van der Waals surface area contributed by atoms with Crippen molar-refractivity contribution in [2.75, 3.05) is 13.7 Å². The van der Waals surface area contributed by atoms with Crippen molar-refractivity contribution in [3.8, 4) is 5.75 Å². The number of rotatable bonds is 4. The van der Waals surface area contributed by atoms with E-state index in [4.69, 9.17) is 15.6 Å². The van der Waals surface area contributed by atoms with Crippen molar-refractivity contribution in [1.29, 1.82) is 0 Å². The molecule has 0 heterocycles. The highest BCUT2D eigenvalue weighted by Crippen LogP contribution is 2.33. The molecule has 3 N–H and O–H groups in total. The van der Waals surface area contributed by atoms with E-state index in [2.05, 4.69) is 15.9 Å². The van der Waals surface area contributed by atoms with Gasteiger partial charge in [-0.2, -0.15) is 0 Å². The van der Waals surface area contributed by atoms with Crippen LogP contribution in [0.1, 0.15) is 23.6 Å². The first-order valence-electron chi connectivity index (χ1n) is 4.80. The fraction of sp³-hybridized carbons (Fsp3) is 0.455. The van der Waals surface area contributed by atoms with E-state index in [1.165, 1.54) is 0 Å². The van der Waals surface area contributed by atoms with Gasteiger partial charge in [0.1, 0.15) is 5.75 Å². The summed E-state index contributed by atoms with van der Waals surface area (Å²) < 4.78 is 6.10. The van der Waals surface area contributed by atoms with Crippen molar-refractivity contribution in [3.63, 3.8) is 0 Å². The van der Waals surface area contributed by atoms with E-state index in [1.54, 1.807) is 7.11 Å². The summed E-state index contributed by atoms with van der Waals surface area (Å²) in [6, 6.07) is 3.78. The Morgan fingerprint density at radius 2 is 2.20 bits per heavy atom. The molecule has 0 aliphatic heterocycles. The Kier molecular flexibility index (Phi) is 4.57. The maximum atomic E-state index is 8.86. The maximum absolute atomic E-state index is 8.86. The Bertz CT molecular complexity index is 342. The van der Waals surface area contributed by atoms with Gasteiger partial charge < -0.3 is 15.6 Å². The molecule has 0 bridgehead atoms. The van der Waals surface area contributed by atoms with E-state index in [-0.39, 0.29) is 12.6 Å². The molecule has 0 amide bonds. The van der Waals surface area contributed by atoms with Crippen LogP contribution in [-0.2, 0) is 0 Å². The highest BCUT2D eigenvalue weighted by molar-refractivity contribution is 9.10. The number of aliphatic hydroxyl groups is 1. The summed E-state index contributed by atoms with van der Waals surface area (Å²) in [4.78, 5) is 0. The number of hydrogen-bond donors (Lipinski definition) is 2. The van der Waals surface area contributed by atoms with Crippen LogP contribution in [0, 0.1) is 6.92 Å². The van der Waals surface area contributed by atoms with Gasteiger partial charge in [-0.05, 0) is 46.5 Å². The van der Waals surface area contributed by atoms with E-state index in [0.29, 0.717) is 6.42 Å². The molecule has 1 atom stereocenters. The topological polar surface area (TPSA) is 55.5 Å². The Morgan fingerprint density at radius 3 is 2.73 bits per heavy atom. The minimum Gasteiger partial charge on any atom is -0.496 e. The van der Waals surface area contributed by atoms with Crippen LogP contribution >= 0.6 is 15.9 Å². The molecule has 0 aliphatic rings. The van der Waals surface area contributed by atoms with E-state index >= 15 is 0 Å². The van der Waals surface area contributed by atoms with Crippen LogP contribution in [0.2, 0.25) is 0 Å². The number of benzene rings is 1. The summed E-state index contributed by atoms with van der Waals surface area (Å²) in [5.41, 5.74) is 8.02. The third-order valence-electron chi connectivity index (χ3n) is 2.27. The summed E-state index contributed by atoms with van der Waals surface area (Å²) in [6.45, 7) is 2.08. The number of nitrogens with two attached hydrogens (primary N) is 1. The minimum atomic E-state index is -0.168. The molecule has 1 aromatic rings. The van der Waals surface area contributed by atoms with Crippen molar-refractivity contribution in [2.24, 2.45) is 5.73 Å². The molecule has 1 rings (SSSR count). The standard InChI is InChI=1S/C11H16BrNO2/c1-7-5-8(9(13)3-4-14)11(12)10(6-7)15-2/h5-6,9,14H,3-4,13H2,1-2H3. The van der Waals surface area contributed by atoms with E-state index in [1.807, 2.05) is 19.1 Å². The summed E-state index contributed by atoms with van der Waals surface area (Å²) in [7, 11) is 1.63. The monoisotopic (exact) mass is 273 g/mol. The zero-order valence-corrected chi connectivity index (χ0v) is 10.5. The molecule has 15 heavy (non-hydrogen) atoms. The Hall–Kier alpha value is -0.580. The smallest absolute Gasteiger partial charge is 0.133 e. The predicted molar refractivity (Wildman–Crippen MR) is 64.1 cm³/mol. The maximum Gasteiger partial charge on any atom is 0.133 e. The van der Waals surface area contributed by atoms with Crippen LogP contribution in [0.4, 0.5) is 0 Å². The largest absolute Gasteiger partial charge is 0.496 e. The van der Waals surface area contributed by atoms with Crippen molar-refractivity contribution in [1.82, 2.24) is 0 Å². The summed E-state index contributed by atoms with van der Waals surface area (Å²) >= 11 is 3.46. The first-order chi connectivity index (χ1) is 7.10. The number of halogens is 1. The van der Waals surface area contributed by atoms with Gasteiger partial charge in [0.15, 0.2) is 0 Å². The SMILES string of the molecule is COc1cc(C)cc(C(N)CCO)c1Br. The molecule has 0 aliphatic carbocycles. The Balaban J connectivity index is 3.11. The minimum absolute atomic E-state index is 0.0872. The Morgan fingerprint density at radius 1 is 1.53 bits per heavy atom. The van der Waals surface area contributed by atoms with Gasteiger partial charge in [0.25, 0.3) is 0 Å². The van der Waals surface area contributed by atoms with Gasteiger partial charge in [0.05, 0.1) is 11.6 Å². The van der Waals surface area contributed by atoms with Gasteiger partial charge in [-0.15, -0.1) is 0 Å². The van der Waals surface area contributed by atoms with Crippen molar-refractivity contribution < 1.29 is 9.84 Å². The van der Waals surface area contributed by atoms with Crippen molar-refractivity contribution in [2.45, 2.75) is 19.4 Å². The number of hydrogen-bond acceptors (Lipinski definition) is 3. The van der Waals surface area contributed by atoms with Gasteiger partial charge in [0.2, 0.25) is 0 Å². The molecule has 0 radical (unpaired) electrons. The zero-order valence-electron chi connectivity index (χ0n) is 8.96. The molecule has 3 nitrogen and oxygen atoms in total. The second kappa shape index (κ2) is 5.49. The van der Waals surface area contributed by atoms with E-state index in [0.717, 1.165) is 21.3 Å². The molecule has 0 fully saturated rings. The van der Waals surface area contributed by atoms with Gasteiger partial charge in [-0.1, -0.05) is 6.07 Å². The number of aryl methyl sites for hydroxylation is 1. The van der Waals surface area contributed by atoms with Gasteiger partial charge >= 0.3 is 0 Å². The van der Waals surface area contributed by atoms with Crippen molar-refractivity contribution >= 4 is 15.9 Å². The molecular weight excluding hydrogens is 258 g/mol. The highest BCUT2D eigenvalue weighted by Gasteiger charge is 2.13. The lowest BCUT2D eigenvalue weighted by Gasteiger charge is -2.16. The lowest BCUT2D eigenvalue weighted by Crippen LogP contribution is -2.13. The number of aliphatic hydroxyl groups excluding tert-OH is 1. The first kappa shape index (κ1) is 12.5. The third kappa shape index (κ3) is 2.93. The van der Waals surface area contributed by atoms with Gasteiger partial charge in [-0.3, -0.25) is 0 Å². The first-order valence-corrected chi connectivity index (χ1v) is 5.60. The van der Waals surface area contributed by atoms with Crippen LogP contribution in [0.15, 0.2) is 16.6 Å². The fourth-order valence-electron chi connectivity index (χ4n) is 1.48. The molecule has 0 aromatic heterocycles. The third-order valence-corrected chi connectivity index (χ3v) is 3.12. The predicted octanol–water partition coefficient (Wildman–Crippen LogP) is 2.15. The van der Waals surface area contributed by atoms with Crippen LogP contribution in [-0.4, -0.2) is 18.8 Å². The van der Waals surface area contributed by atoms with Crippen LogP contribution < -0.4 is 10.5 Å². The van der Waals surface area contributed by atoms with Crippen LogP contribution in [0.5, 0.6) is 5.75 Å². The molecule has 0 spiro atoms. The summed E-state index contributed by atoms with van der Waals surface area (Å²) in [5.74, 6) is 0.776. The average Bonchev–Trinajstić information content (AvgIpc) is 2.21. The molecular formula is C11H16BrNO2. The molecule has 0 saturated heterocycles. The Labute approximate surface area is 98.4 Å². The lowest BCUT2D eigenvalue weighted by molar-refractivity contribution is 0.276. The average molecular weight is 274 g/mol. The second-order valence-electron chi connectivity index (χ2n) is 3.49.